The molecular weight excluding hydrogens is 558 g/mol. The van der Waals surface area contributed by atoms with E-state index in [1.165, 1.54) is 0 Å². The van der Waals surface area contributed by atoms with Crippen molar-refractivity contribution < 1.29 is 4.79 Å². The molecule has 220 valence electrons. The fourth-order valence-electron chi connectivity index (χ4n) is 5.76. The van der Waals surface area contributed by atoms with E-state index in [1.807, 2.05) is 48.1 Å². The van der Waals surface area contributed by atoms with E-state index < -0.39 is 0 Å². The predicted octanol–water partition coefficient (Wildman–Crippen LogP) is 4.83. The van der Waals surface area contributed by atoms with Crippen molar-refractivity contribution >= 4 is 29.4 Å². The van der Waals surface area contributed by atoms with Crippen LogP contribution in [-0.2, 0) is 24.7 Å². The minimum atomic E-state index is 0.0217. The average molecular weight is 594 g/mol. The Balaban J connectivity index is 1.14. The topological polar surface area (TPSA) is 126 Å². The van der Waals surface area contributed by atoms with Gasteiger partial charge in [-0.3, -0.25) is 19.4 Å². The summed E-state index contributed by atoms with van der Waals surface area (Å²) in [5.74, 6) is 4.05. The normalized spacial score (nSPS) is 18.4. The molecule has 6 rings (SSSR count). The number of amides is 1. The van der Waals surface area contributed by atoms with Crippen LogP contribution < -0.4 is 10.2 Å². The maximum atomic E-state index is 13.7. The summed E-state index contributed by atoms with van der Waals surface area (Å²) in [6.07, 6.45) is 14.0. The second-order valence-corrected chi connectivity index (χ2v) is 12.4. The van der Waals surface area contributed by atoms with Crippen LogP contribution >= 0.6 is 11.8 Å². The first-order chi connectivity index (χ1) is 21.1. The highest BCUT2D eigenvalue weighted by Crippen LogP contribution is 2.31. The number of carbonyl (C=O) groups is 1. The fraction of sp³-hybridized carbons (Fsp3) is 0.406. The summed E-state index contributed by atoms with van der Waals surface area (Å²) < 4.78 is 1.73. The van der Waals surface area contributed by atoms with Crippen molar-refractivity contribution in [2.45, 2.75) is 57.0 Å². The Morgan fingerprint density at radius 1 is 1.07 bits per heavy atom. The van der Waals surface area contributed by atoms with Crippen LogP contribution in [0.1, 0.15) is 48.9 Å². The molecule has 1 aromatic carbocycles. The summed E-state index contributed by atoms with van der Waals surface area (Å²) in [4.78, 5) is 34.1. The van der Waals surface area contributed by atoms with E-state index in [4.69, 9.17) is 9.97 Å². The molecule has 1 saturated heterocycles. The maximum Gasteiger partial charge on any atom is 0.228 e. The lowest BCUT2D eigenvalue weighted by molar-refractivity contribution is -0.119. The number of aromatic nitrogens is 6. The fourth-order valence-corrected chi connectivity index (χ4v) is 6.56. The third-order valence-corrected chi connectivity index (χ3v) is 9.61. The minimum absolute atomic E-state index is 0.0217. The molecule has 0 bridgehead atoms. The van der Waals surface area contributed by atoms with Crippen molar-refractivity contribution in [2.75, 3.05) is 21.7 Å². The minimum Gasteiger partial charge on any atom is -0.351 e. The van der Waals surface area contributed by atoms with Gasteiger partial charge in [-0.1, -0.05) is 30.3 Å². The van der Waals surface area contributed by atoms with Gasteiger partial charge in [0.1, 0.15) is 6.07 Å². The quantitative estimate of drug-likeness (QED) is 0.275. The van der Waals surface area contributed by atoms with Crippen molar-refractivity contribution in [1.82, 2.24) is 29.7 Å². The smallest absolute Gasteiger partial charge is 0.228 e. The van der Waals surface area contributed by atoms with Crippen LogP contribution in [0.15, 0.2) is 61.3 Å². The van der Waals surface area contributed by atoms with E-state index in [0.29, 0.717) is 36.1 Å². The van der Waals surface area contributed by atoms with Gasteiger partial charge in [-0.15, -0.1) is 0 Å². The number of hydrogen-bond donors (Lipinski definition) is 1. The van der Waals surface area contributed by atoms with Gasteiger partial charge in [0.25, 0.3) is 0 Å². The van der Waals surface area contributed by atoms with Gasteiger partial charge >= 0.3 is 0 Å². The predicted molar refractivity (Wildman–Crippen MR) is 167 cm³/mol. The van der Waals surface area contributed by atoms with Crippen LogP contribution in [0.3, 0.4) is 0 Å². The summed E-state index contributed by atoms with van der Waals surface area (Å²) in [7, 11) is 1.87. The van der Waals surface area contributed by atoms with Gasteiger partial charge in [0.2, 0.25) is 11.9 Å². The first kappa shape index (κ1) is 28.8. The molecule has 11 heteroatoms. The molecule has 0 spiro atoms. The van der Waals surface area contributed by atoms with Crippen molar-refractivity contribution in [3.63, 3.8) is 0 Å². The highest BCUT2D eigenvalue weighted by Gasteiger charge is 2.31. The molecule has 1 aliphatic carbocycles. The number of carbonyl (C=O) groups excluding carboxylic acids is 1. The molecule has 0 radical (unpaired) electrons. The summed E-state index contributed by atoms with van der Waals surface area (Å²) in [6, 6.07) is 12.6. The lowest BCUT2D eigenvalue weighted by Gasteiger charge is -2.36. The third kappa shape index (κ3) is 7.03. The second kappa shape index (κ2) is 13.3. The van der Waals surface area contributed by atoms with Gasteiger partial charge in [0.05, 0.1) is 41.7 Å². The largest absolute Gasteiger partial charge is 0.351 e. The number of nitrogens with zero attached hydrogens (tertiary/aromatic N) is 8. The lowest BCUT2D eigenvalue weighted by atomic mass is 9.89. The first-order valence-electron chi connectivity index (χ1n) is 14.8. The van der Waals surface area contributed by atoms with E-state index >= 15 is 0 Å². The van der Waals surface area contributed by atoms with Crippen molar-refractivity contribution in [2.24, 2.45) is 13.0 Å². The number of rotatable bonds is 10. The van der Waals surface area contributed by atoms with Gasteiger partial charge in [-0.25, -0.2) is 15.0 Å². The van der Waals surface area contributed by atoms with Gasteiger partial charge in [0.15, 0.2) is 5.82 Å². The Morgan fingerprint density at radius 2 is 1.88 bits per heavy atom. The molecule has 43 heavy (non-hydrogen) atoms. The Kier molecular flexibility index (Phi) is 8.93. The van der Waals surface area contributed by atoms with E-state index in [2.05, 4.69) is 38.6 Å². The molecule has 2 aliphatic rings. The lowest BCUT2D eigenvalue weighted by Crippen LogP contribution is -2.45. The van der Waals surface area contributed by atoms with Crippen LogP contribution in [0.25, 0.3) is 11.3 Å². The number of hydrogen-bond acceptors (Lipinski definition) is 9. The van der Waals surface area contributed by atoms with E-state index in [-0.39, 0.29) is 18.0 Å². The molecule has 1 N–H and O–H groups in total. The Morgan fingerprint density at radius 3 is 2.53 bits per heavy atom. The van der Waals surface area contributed by atoms with Gasteiger partial charge < -0.3 is 5.32 Å². The zero-order chi connectivity index (χ0) is 29.6. The van der Waals surface area contributed by atoms with Crippen molar-refractivity contribution in [1.29, 1.82) is 5.26 Å². The molecule has 4 aromatic rings. The maximum absolute atomic E-state index is 13.7. The van der Waals surface area contributed by atoms with Crippen LogP contribution in [0.5, 0.6) is 0 Å². The van der Waals surface area contributed by atoms with E-state index in [0.717, 1.165) is 66.1 Å². The molecular formula is C32H35N9OS. The monoisotopic (exact) mass is 593 g/mol. The van der Waals surface area contributed by atoms with Crippen LogP contribution in [-0.4, -0.2) is 59.2 Å². The molecule has 2 fully saturated rings. The number of nitrogens with one attached hydrogen (secondary N) is 1. The zero-order valence-corrected chi connectivity index (χ0v) is 25.1. The van der Waals surface area contributed by atoms with Crippen LogP contribution in [0, 0.1) is 17.2 Å². The number of benzene rings is 1. The zero-order valence-electron chi connectivity index (χ0n) is 24.3. The van der Waals surface area contributed by atoms with Gasteiger partial charge in [-0.05, 0) is 61.5 Å². The van der Waals surface area contributed by atoms with Gasteiger partial charge in [0, 0.05) is 37.3 Å². The summed E-state index contributed by atoms with van der Waals surface area (Å²) in [5, 5.41) is 17.3. The third-order valence-electron chi connectivity index (χ3n) is 8.20. The molecule has 1 amide bonds. The summed E-state index contributed by atoms with van der Waals surface area (Å²) >= 11 is 1.93. The number of nitriles is 1. The Labute approximate surface area is 256 Å². The molecule has 10 nitrogen and oxygen atoms in total. The number of thioether (sulfide) groups is 1. The molecule has 0 atom stereocenters. The molecule has 3 aromatic heterocycles. The first-order valence-corrected chi connectivity index (χ1v) is 16.0. The molecule has 4 heterocycles. The average Bonchev–Trinajstić information content (AvgIpc) is 3.46. The van der Waals surface area contributed by atoms with Gasteiger partial charge in [-0.2, -0.15) is 22.1 Å². The van der Waals surface area contributed by atoms with Crippen LogP contribution in [0.2, 0.25) is 0 Å². The summed E-state index contributed by atoms with van der Waals surface area (Å²) in [5.41, 5.74) is 4.14. The van der Waals surface area contributed by atoms with Crippen LogP contribution in [0.4, 0.5) is 11.8 Å². The number of anilines is 2. The Bertz CT molecular complexity index is 1570. The number of aryl methyl sites for hydroxylation is 2. The van der Waals surface area contributed by atoms with E-state index in [1.54, 1.807) is 29.5 Å². The van der Waals surface area contributed by atoms with E-state index in [9.17, 15) is 10.1 Å². The van der Waals surface area contributed by atoms with Crippen molar-refractivity contribution in [3.05, 3.63) is 78.1 Å². The highest BCUT2D eigenvalue weighted by atomic mass is 32.2. The second-order valence-electron chi connectivity index (χ2n) is 11.3. The highest BCUT2D eigenvalue weighted by molar-refractivity contribution is 8.00. The molecule has 1 saturated carbocycles. The van der Waals surface area contributed by atoms with Crippen molar-refractivity contribution in [3.8, 4) is 17.3 Å². The summed E-state index contributed by atoms with van der Waals surface area (Å²) in [6.45, 7) is 0. The SMILES string of the molecule is Cn1cc(-c2cnc(N(C(=O)CCc3ccccc3)C3CCC(Nc4ncc(C#N)c(CC5CSC5)n4)CC3)cn2)cn1. The molecule has 1 aliphatic heterocycles. The molecule has 0 unspecified atom stereocenters. The standard InChI is InChI=1S/C32H35N9OS/c1-40-19-25(16-37-40)29-17-35-30(18-34-29)41(31(42)12-7-22-5-3-2-4-6-22)27-10-8-26(9-11-27)38-32-36-15-24(14-33)28(39-32)13-23-20-43-21-23/h2-6,15-19,23,26-27H,7-13,20-21H2,1H3,(H,36,38,39). The Hall–Kier alpha value is -4.30.